The standard InChI is InChI=1S/C24H30O/c1-23(2)14-7-15-24(3)21-16-20(12-10-19(21)11-13-22(23)24)25-17-18-8-5-4-6-9-18/h4-6,8-10,12,16,22H,7,11,13-15,17H2,1-3H3/t22-,24+/m1/s1. The molecule has 0 radical (unpaired) electrons. The van der Waals surface area contributed by atoms with Crippen molar-refractivity contribution in [2.45, 2.75) is 64.9 Å². The highest BCUT2D eigenvalue weighted by molar-refractivity contribution is 5.43. The van der Waals surface area contributed by atoms with E-state index in [2.05, 4.69) is 63.2 Å². The topological polar surface area (TPSA) is 9.23 Å². The fourth-order valence-corrected chi connectivity index (χ4v) is 5.59. The molecule has 2 aromatic rings. The van der Waals surface area contributed by atoms with E-state index in [1.54, 1.807) is 11.1 Å². The summed E-state index contributed by atoms with van der Waals surface area (Å²) in [6, 6.07) is 17.3. The average molecular weight is 335 g/mol. The summed E-state index contributed by atoms with van der Waals surface area (Å²) in [6.45, 7) is 8.12. The lowest BCUT2D eigenvalue weighted by atomic mass is 9.50. The van der Waals surface area contributed by atoms with Crippen LogP contribution in [0.1, 0.15) is 63.1 Å². The van der Waals surface area contributed by atoms with Crippen LogP contribution in [0.15, 0.2) is 48.5 Å². The highest BCUT2D eigenvalue weighted by Gasteiger charge is 2.49. The Hall–Kier alpha value is -1.76. The summed E-state index contributed by atoms with van der Waals surface area (Å²) in [4.78, 5) is 0. The lowest BCUT2D eigenvalue weighted by Gasteiger charge is -2.54. The Morgan fingerprint density at radius 3 is 2.60 bits per heavy atom. The van der Waals surface area contributed by atoms with Crippen LogP contribution in [0.5, 0.6) is 5.75 Å². The maximum Gasteiger partial charge on any atom is 0.120 e. The van der Waals surface area contributed by atoms with Gasteiger partial charge in [-0.05, 0) is 71.3 Å². The number of rotatable bonds is 3. The predicted molar refractivity (Wildman–Crippen MR) is 104 cm³/mol. The molecule has 0 N–H and O–H groups in total. The molecule has 0 amide bonds. The monoisotopic (exact) mass is 334 g/mol. The van der Waals surface area contributed by atoms with Crippen molar-refractivity contribution in [3.8, 4) is 5.75 Å². The molecule has 2 atom stereocenters. The molecule has 0 aliphatic heterocycles. The van der Waals surface area contributed by atoms with Gasteiger partial charge in [-0.15, -0.1) is 0 Å². The molecule has 1 saturated carbocycles. The number of benzene rings is 2. The summed E-state index contributed by atoms with van der Waals surface area (Å²) < 4.78 is 6.13. The van der Waals surface area contributed by atoms with Crippen LogP contribution >= 0.6 is 0 Å². The molecule has 0 unspecified atom stereocenters. The molecule has 0 saturated heterocycles. The van der Waals surface area contributed by atoms with Crippen molar-refractivity contribution < 1.29 is 4.74 Å². The Labute approximate surface area is 152 Å². The fourth-order valence-electron chi connectivity index (χ4n) is 5.59. The second-order valence-electron chi connectivity index (χ2n) is 8.94. The molecular formula is C24H30O. The molecule has 0 heterocycles. The number of ether oxygens (including phenoxy) is 1. The zero-order valence-electron chi connectivity index (χ0n) is 15.8. The molecule has 2 aliphatic carbocycles. The van der Waals surface area contributed by atoms with Crippen molar-refractivity contribution in [2.24, 2.45) is 11.3 Å². The Morgan fingerprint density at radius 2 is 1.80 bits per heavy atom. The maximum atomic E-state index is 6.13. The van der Waals surface area contributed by atoms with Gasteiger partial charge >= 0.3 is 0 Å². The van der Waals surface area contributed by atoms with Crippen LogP contribution < -0.4 is 4.74 Å². The molecular weight excluding hydrogens is 304 g/mol. The molecule has 0 bridgehead atoms. The summed E-state index contributed by atoms with van der Waals surface area (Å²) in [5, 5.41) is 0. The highest BCUT2D eigenvalue weighted by Crippen LogP contribution is 2.57. The largest absolute Gasteiger partial charge is 0.489 e. The molecule has 0 spiro atoms. The third kappa shape index (κ3) is 2.99. The van der Waals surface area contributed by atoms with E-state index in [1.165, 1.54) is 37.7 Å². The van der Waals surface area contributed by atoms with Gasteiger partial charge in [0.05, 0.1) is 0 Å². The number of hydrogen-bond donors (Lipinski definition) is 0. The number of aryl methyl sites for hydroxylation is 1. The zero-order valence-corrected chi connectivity index (χ0v) is 15.8. The van der Waals surface area contributed by atoms with Gasteiger partial charge in [0.2, 0.25) is 0 Å². The fraction of sp³-hybridized carbons (Fsp3) is 0.500. The average Bonchev–Trinajstić information content (AvgIpc) is 2.60. The SMILES string of the molecule is CC1(C)CCC[C@@]2(C)c3cc(OCc4ccccc4)ccc3CC[C@H]12. The van der Waals surface area contributed by atoms with Crippen LogP contribution in [0.3, 0.4) is 0 Å². The van der Waals surface area contributed by atoms with Crippen molar-refractivity contribution in [3.63, 3.8) is 0 Å². The first-order chi connectivity index (χ1) is 12.0. The molecule has 132 valence electrons. The first-order valence-electron chi connectivity index (χ1n) is 9.79. The maximum absolute atomic E-state index is 6.13. The normalized spacial score (nSPS) is 27.2. The first-order valence-corrected chi connectivity index (χ1v) is 9.79. The summed E-state index contributed by atoms with van der Waals surface area (Å²) in [6.07, 6.45) is 6.58. The predicted octanol–water partition coefficient (Wildman–Crippen LogP) is 6.30. The molecule has 1 nitrogen and oxygen atoms in total. The van der Waals surface area contributed by atoms with Crippen molar-refractivity contribution in [1.82, 2.24) is 0 Å². The van der Waals surface area contributed by atoms with Gasteiger partial charge in [0, 0.05) is 0 Å². The van der Waals surface area contributed by atoms with Crippen molar-refractivity contribution in [3.05, 3.63) is 65.2 Å². The Morgan fingerprint density at radius 1 is 1.00 bits per heavy atom. The molecule has 2 aliphatic rings. The Kier molecular flexibility index (Phi) is 4.14. The quantitative estimate of drug-likeness (QED) is 0.640. The Balaban J connectivity index is 1.62. The van der Waals surface area contributed by atoms with Gasteiger partial charge in [-0.3, -0.25) is 0 Å². The van der Waals surface area contributed by atoms with E-state index in [1.807, 2.05) is 6.07 Å². The van der Waals surface area contributed by atoms with E-state index in [4.69, 9.17) is 4.74 Å². The van der Waals surface area contributed by atoms with Crippen molar-refractivity contribution in [2.75, 3.05) is 0 Å². The molecule has 2 aromatic carbocycles. The minimum atomic E-state index is 0.307. The van der Waals surface area contributed by atoms with Crippen molar-refractivity contribution >= 4 is 0 Å². The summed E-state index contributed by atoms with van der Waals surface area (Å²) in [5.74, 6) is 1.80. The second-order valence-corrected chi connectivity index (χ2v) is 8.94. The van der Waals surface area contributed by atoms with Crippen LogP contribution in [-0.2, 0) is 18.4 Å². The van der Waals surface area contributed by atoms with Crippen LogP contribution in [-0.4, -0.2) is 0 Å². The minimum absolute atomic E-state index is 0.307. The summed E-state index contributed by atoms with van der Waals surface area (Å²) >= 11 is 0. The van der Waals surface area contributed by atoms with E-state index in [9.17, 15) is 0 Å². The van der Waals surface area contributed by atoms with E-state index in [0.717, 1.165) is 11.7 Å². The van der Waals surface area contributed by atoms with Crippen LogP contribution in [0.25, 0.3) is 0 Å². The third-order valence-corrected chi connectivity index (χ3v) is 6.88. The highest BCUT2D eigenvalue weighted by atomic mass is 16.5. The first kappa shape index (κ1) is 16.7. The molecule has 1 heteroatoms. The smallest absolute Gasteiger partial charge is 0.120 e. The minimum Gasteiger partial charge on any atom is -0.489 e. The van der Waals surface area contributed by atoms with Crippen molar-refractivity contribution in [1.29, 1.82) is 0 Å². The van der Waals surface area contributed by atoms with Gasteiger partial charge in [0.15, 0.2) is 0 Å². The lowest BCUT2D eigenvalue weighted by molar-refractivity contribution is 0.0405. The summed E-state index contributed by atoms with van der Waals surface area (Å²) in [7, 11) is 0. The van der Waals surface area contributed by atoms with Crippen LogP contribution in [0, 0.1) is 11.3 Å². The van der Waals surface area contributed by atoms with E-state index in [0.29, 0.717) is 17.4 Å². The van der Waals surface area contributed by atoms with Crippen LogP contribution in [0.2, 0.25) is 0 Å². The molecule has 0 aromatic heterocycles. The van der Waals surface area contributed by atoms with Gasteiger partial charge in [-0.2, -0.15) is 0 Å². The lowest BCUT2D eigenvalue weighted by Crippen LogP contribution is -2.47. The summed E-state index contributed by atoms with van der Waals surface area (Å²) in [5.41, 5.74) is 5.08. The van der Waals surface area contributed by atoms with E-state index in [-0.39, 0.29) is 0 Å². The van der Waals surface area contributed by atoms with Gasteiger partial charge in [0.1, 0.15) is 12.4 Å². The molecule has 1 fully saturated rings. The van der Waals surface area contributed by atoms with Gasteiger partial charge < -0.3 is 4.74 Å². The zero-order chi connectivity index (χ0) is 17.5. The van der Waals surface area contributed by atoms with E-state index < -0.39 is 0 Å². The van der Waals surface area contributed by atoms with E-state index >= 15 is 0 Å². The Bertz CT molecular complexity index is 746. The van der Waals surface area contributed by atoms with Crippen LogP contribution in [0.4, 0.5) is 0 Å². The van der Waals surface area contributed by atoms with Gasteiger partial charge in [0.25, 0.3) is 0 Å². The number of hydrogen-bond acceptors (Lipinski definition) is 1. The third-order valence-electron chi connectivity index (χ3n) is 6.88. The molecule has 4 rings (SSSR count). The van der Waals surface area contributed by atoms with Gasteiger partial charge in [-0.25, -0.2) is 0 Å². The molecule has 25 heavy (non-hydrogen) atoms. The second kappa shape index (κ2) is 6.20. The van der Waals surface area contributed by atoms with Gasteiger partial charge in [-0.1, -0.05) is 63.6 Å². The number of fused-ring (bicyclic) bond motifs is 3.